The van der Waals surface area contributed by atoms with Crippen LogP contribution in [0.1, 0.15) is 35.7 Å². The van der Waals surface area contributed by atoms with Crippen molar-refractivity contribution in [2.75, 3.05) is 51.8 Å². The monoisotopic (exact) mass is 487 g/mol. The second-order valence-corrected chi connectivity index (χ2v) is 10.9. The van der Waals surface area contributed by atoms with Crippen LogP contribution in [0.4, 0.5) is 5.69 Å². The van der Waals surface area contributed by atoms with Crippen LogP contribution in [0.5, 0.6) is 5.75 Å². The van der Waals surface area contributed by atoms with Gasteiger partial charge in [0.2, 0.25) is 10.0 Å². The summed E-state index contributed by atoms with van der Waals surface area (Å²) in [7, 11) is -2.35. The number of hydrogen-bond donors (Lipinski definition) is 1. The predicted molar refractivity (Wildman–Crippen MR) is 131 cm³/mol. The highest BCUT2D eigenvalue weighted by Gasteiger charge is 2.29. The number of amides is 1. The summed E-state index contributed by atoms with van der Waals surface area (Å²) in [6, 6.07) is 12.2. The lowest BCUT2D eigenvalue weighted by atomic mass is 9.99. The van der Waals surface area contributed by atoms with E-state index in [2.05, 4.69) is 17.1 Å². The first-order chi connectivity index (χ1) is 16.4. The fourth-order valence-corrected chi connectivity index (χ4v) is 5.91. The lowest BCUT2D eigenvalue weighted by Gasteiger charge is -2.30. The zero-order chi connectivity index (χ0) is 24.1. The van der Waals surface area contributed by atoms with E-state index in [0.29, 0.717) is 24.5 Å². The Bertz CT molecular complexity index is 1090. The zero-order valence-electron chi connectivity index (χ0n) is 19.8. The lowest BCUT2D eigenvalue weighted by Crippen LogP contribution is -2.40. The normalized spacial score (nSPS) is 18.5. The van der Waals surface area contributed by atoms with Gasteiger partial charge in [-0.1, -0.05) is 19.1 Å². The van der Waals surface area contributed by atoms with E-state index in [1.54, 1.807) is 12.1 Å². The summed E-state index contributed by atoms with van der Waals surface area (Å²) in [4.78, 5) is 15.3. The van der Waals surface area contributed by atoms with E-state index in [0.717, 1.165) is 25.6 Å². The first-order valence-electron chi connectivity index (χ1n) is 11.8. The van der Waals surface area contributed by atoms with Gasteiger partial charge < -0.3 is 14.8 Å². The minimum atomic E-state index is -3.78. The molecule has 1 N–H and O–H groups in total. The van der Waals surface area contributed by atoms with Crippen LogP contribution in [0.3, 0.4) is 0 Å². The van der Waals surface area contributed by atoms with Crippen molar-refractivity contribution in [3.8, 4) is 5.75 Å². The van der Waals surface area contributed by atoms with E-state index < -0.39 is 10.0 Å². The number of nitrogens with one attached hydrogen (secondary N) is 1. The molecule has 34 heavy (non-hydrogen) atoms. The largest absolute Gasteiger partial charge is 0.495 e. The van der Waals surface area contributed by atoms with E-state index in [1.165, 1.54) is 35.9 Å². The Kier molecular flexibility index (Phi) is 7.88. The van der Waals surface area contributed by atoms with E-state index in [-0.39, 0.29) is 29.6 Å². The van der Waals surface area contributed by atoms with E-state index >= 15 is 0 Å². The summed E-state index contributed by atoms with van der Waals surface area (Å²) >= 11 is 0. The third-order valence-electron chi connectivity index (χ3n) is 6.51. The Morgan fingerprint density at radius 1 is 1.06 bits per heavy atom. The number of carbonyl (C=O) groups excluding carboxylic acids is 1. The molecule has 0 saturated carbocycles. The molecule has 0 unspecified atom stereocenters. The van der Waals surface area contributed by atoms with Crippen molar-refractivity contribution in [3.05, 3.63) is 53.6 Å². The molecule has 4 rings (SSSR count). The molecule has 8 nitrogen and oxygen atoms in total. The smallest absolute Gasteiger partial charge is 0.255 e. The van der Waals surface area contributed by atoms with Crippen molar-refractivity contribution in [2.24, 2.45) is 5.92 Å². The molecule has 0 aromatic heterocycles. The van der Waals surface area contributed by atoms with Crippen molar-refractivity contribution in [3.63, 3.8) is 0 Å². The number of benzene rings is 2. The lowest BCUT2D eigenvalue weighted by molar-refractivity contribution is 0.0729. The summed E-state index contributed by atoms with van der Waals surface area (Å²) in [5, 5.41) is 2.82. The third-order valence-corrected chi connectivity index (χ3v) is 8.43. The Morgan fingerprint density at radius 3 is 2.38 bits per heavy atom. The van der Waals surface area contributed by atoms with Crippen LogP contribution in [0.15, 0.2) is 47.4 Å². The maximum atomic E-state index is 13.2. The maximum Gasteiger partial charge on any atom is 0.255 e. The van der Waals surface area contributed by atoms with Gasteiger partial charge in [-0.25, -0.2) is 8.42 Å². The Labute approximate surface area is 201 Å². The van der Waals surface area contributed by atoms with Gasteiger partial charge in [0.1, 0.15) is 10.6 Å². The molecule has 1 amide bonds. The van der Waals surface area contributed by atoms with Gasteiger partial charge in [0.25, 0.3) is 5.91 Å². The molecule has 0 spiro atoms. The summed E-state index contributed by atoms with van der Waals surface area (Å²) in [6.07, 6.45) is 2.46. The number of anilines is 1. The van der Waals surface area contributed by atoms with Gasteiger partial charge in [-0.15, -0.1) is 0 Å². The van der Waals surface area contributed by atoms with Gasteiger partial charge in [-0.2, -0.15) is 4.31 Å². The van der Waals surface area contributed by atoms with Crippen molar-refractivity contribution >= 4 is 21.6 Å². The maximum absolute atomic E-state index is 13.2. The molecule has 2 aliphatic heterocycles. The number of piperidine rings is 1. The second-order valence-electron chi connectivity index (χ2n) is 8.99. The number of sulfonamides is 1. The quantitative estimate of drug-likeness (QED) is 0.645. The van der Waals surface area contributed by atoms with Gasteiger partial charge in [-0.3, -0.25) is 9.69 Å². The molecule has 0 radical (unpaired) electrons. The second kappa shape index (κ2) is 10.9. The molecule has 2 aromatic carbocycles. The topological polar surface area (TPSA) is 88.2 Å². The number of carbonyl (C=O) groups is 1. The summed E-state index contributed by atoms with van der Waals surface area (Å²) in [5.41, 5.74) is 2.09. The van der Waals surface area contributed by atoms with Crippen LogP contribution in [0, 0.1) is 5.92 Å². The molecule has 0 aliphatic carbocycles. The average molecular weight is 488 g/mol. The van der Waals surface area contributed by atoms with Crippen molar-refractivity contribution in [1.29, 1.82) is 0 Å². The van der Waals surface area contributed by atoms with E-state index in [9.17, 15) is 13.2 Å². The predicted octanol–water partition coefficient (Wildman–Crippen LogP) is 3.20. The van der Waals surface area contributed by atoms with Crippen molar-refractivity contribution < 1.29 is 22.7 Å². The van der Waals surface area contributed by atoms with Crippen LogP contribution in [0.25, 0.3) is 0 Å². The molecule has 2 saturated heterocycles. The highest BCUT2D eigenvalue weighted by atomic mass is 32.2. The number of nitrogens with zero attached hydrogens (tertiary/aromatic N) is 2. The van der Waals surface area contributed by atoms with E-state index in [1.807, 2.05) is 24.3 Å². The molecule has 9 heteroatoms. The van der Waals surface area contributed by atoms with Gasteiger partial charge >= 0.3 is 0 Å². The van der Waals surface area contributed by atoms with Crippen molar-refractivity contribution in [1.82, 2.24) is 9.21 Å². The van der Waals surface area contributed by atoms with Crippen LogP contribution in [0.2, 0.25) is 0 Å². The van der Waals surface area contributed by atoms with Crippen LogP contribution in [-0.2, 0) is 21.3 Å². The number of methoxy groups -OCH3 is 1. The standard InChI is InChI=1S/C25H33N3O5S/c1-19-9-11-27(12-10-19)18-20-3-5-21(6-4-20)25(29)26-22-7-8-23(32-2)24(17-22)34(30,31)28-13-15-33-16-14-28/h3-8,17,19H,9-16,18H2,1-2H3,(H,26,29). The fourth-order valence-electron chi connectivity index (χ4n) is 4.33. The number of ether oxygens (including phenoxy) is 2. The van der Waals surface area contributed by atoms with Gasteiger partial charge in [0.15, 0.2) is 0 Å². The highest BCUT2D eigenvalue weighted by Crippen LogP contribution is 2.30. The fraction of sp³-hybridized carbons (Fsp3) is 0.480. The zero-order valence-corrected chi connectivity index (χ0v) is 20.6. The molecule has 0 atom stereocenters. The molecule has 2 fully saturated rings. The molecule has 2 aliphatic rings. The Hall–Kier alpha value is -2.46. The number of hydrogen-bond acceptors (Lipinski definition) is 6. The molecular formula is C25H33N3O5S. The highest BCUT2D eigenvalue weighted by molar-refractivity contribution is 7.89. The third kappa shape index (κ3) is 5.78. The van der Waals surface area contributed by atoms with Gasteiger partial charge in [0, 0.05) is 30.9 Å². The summed E-state index contributed by atoms with van der Waals surface area (Å²) in [6.45, 7) is 6.67. The van der Waals surface area contributed by atoms with Crippen LogP contribution < -0.4 is 10.1 Å². The SMILES string of the molecule is COc1ccc(NC(=O)c2ccc(CN3CCC(C)CC3)cc2)cc1S(=O)(=O)N1CCOCC1. The molecule has 2 aromatic rings. The minimum absolute atomic E-state index is 0.0286. The Morgan fingerprint density at radius 2 is 1.74 bits per heavy atom. The average Bonchev–Trinajstić information content (AvgIpc) is 2.86. The Balaban J connectivity index is 1.45. The molecule has 2 heterocycles. The molecular weight excluding hydrogens is 454 g/mol. The number of rotatable bonds is 7. The summed E-state index contributed by atoms with van der Waals surface area (Å²) in [5.74, 6) is 0.740. The van der Waals surface area contributed by atoms with Crippen LogP contribution >= 0.6 is 0 Å². The van der Waals surface area contributed by atoms with Crippen molar-refractivity contribution in [2.45, 2.75) is 31.2 Å². The minimum Gasteiger partial charge on any atom is -0.495 e. The molecule has 0 bridgehead atoms. The molecule has 184 valence electrons. The van der Waals surface area contributed by atoms with Crippen LogP contribution in [-0.4, -0.2) is 70.0 Å². The number of morpholine rings is 1. The first kappa shape index (κ1) is 24.7. The first-order valence-corrected chi connectivity index (χ1v) is 13.2. The number of likely N-dealkylation sites (tertiary alicyclic amines) is 1. The van der Waals surface area contributed by atoms with Gasteiger partial charge in [-0.05, 0) is 67.7 Å². The summed E-state index contributed by atoms with van der Waals surface area (Å²) < 4.78 is 38.3. The van der Waals surface area contributed by atoms with E-state index in [4.69, 9.17) is 9.47 Å². The van der Waals surface area contributed by atoms with Gasteiger partial charge in [0.05, 0.1) is 20.3 Å².